The van der Waals surface area contributed by atoms with Crippen molar-refractivity contribution in [3.8, 4) is 5.69 Å². The Hall–Kier alpha value is -2.34. The van der Waals surface area contributed by atoms with Crippen LogP contribution in [0.25, 0.3) is 5.69 Å². The van der Waals surface area contributed by atoms with Gasteiger partial charge in [0.1, 0.15) is 0 Å². The van der Waals surface area contributed by atoms with Crippen LogP contribution in [0.15, 0.2) is 47.7 Å². The summed E-state index contributed by atoms with van der Waals surface area (Å²) in [7, 11) is 3.48. The van der Waals surface area contributed by atoms with Crippen LogP contribution < -0.4 is 10.6 Å². The van der Waals surface area contributed by atoms with E-state index in [9.17, 15) is 0 Å². The first-order chi connectivity index (χ1) is 10.8. The minimum absolute atomic E-state index is 0.726. The molecule has 0 spiro atoms. The molecule has 0 unspecified atom stereocenters. The maximum atomic E-state index is 5.02. The zero-order valence-electron chi connectivity index (χ0n) is 13.1. The molecule has 0 radical (unpaired) electrons. The highest BCUT2D eigenvalue weighted by atomic mass is 16.5. The Balaban J connectivity index is 1.80. The Morgan fingerprint density at radius 3 is 2.73 bits per heavy atom. The fraction of sp³-hybridized carbons (Fsp3) is 0.375. The van der Waals surface area contributed by atoms with Crippen LogP contribution in [0, 0.1) is 0 Å². The number of hydrogen-bond donors (Lipinski definition) is 2. The quantitative estimate of drug-likeness (QED) is 0.463. The van der Waals surface area contributed by atoms with Crippen molar-refractivity contribution in [3.63, 3.8) is 0 Å². The van der Waals surface area contributed by atoms with E-state index in [4.69, 9.17) is 4.74 Å². The van der Waals surface area contributed by atoms with E-state index < -0.39 is 0 Å². The molecule has 0 saturated carbocycles. The van der Waals surface area contributed by atoms with Gasteiger partial charge in [0.2, 0.25) is 0 Å². The van der Waals surface area contributed by atoms with Crippen molar-refractivity contribution in [2.24, 2.45) is 4.99 Å². The van der Waals surface area contributed by atoms with E-state index in [-0.39, 0.29) is 0 Å². The van der Waals surface area contributed by atoms with Gasteiger partial charge in [0.15, 0.2) is 5.96 Å². The summed E-state index contributed by atoms with van der Waals surface area (Å²) in [4.78, 5) is 4.20. The lowest BCUT2D eigenvalue weighted by Crippen LogP contribution is -2.37. The van der Waals surface area contributed by atoms with Gasteiger partial charge in [0.25, 0.3) is 0 Å². The molecular formula is C16H23N5O. The Morgan fingerprint density at radius 2 is 2.09 bits per heavy atom. The Kier molecular flexibility index (Phi) is 6.44. The number of ether oxygens (including phenoxy) is 1. The Labute approximate surface area is 131 Å². The third-order valence-corrected chi connectivity index (χ3v) is 3.21. The van der Waals surface area contributed by atoms with Gasteiger partial charge in [-0.3, -0.25) is 4.99 Å². The maximum absolute atomic E-state index is 5.02. The third-order valence-electron chi connectivity index (χ3n) is 3.21. The molecule has 0 aliphatic heterocycles. The first-order valence-electron chi connectivity index (χ1n) is 7.36. The molecule has 118 valence electrons. The molecule has 1 aromatic heterocycles. The highest BCUT2D eigenvalue weighted by Crippen LogP contribution is 2.08. The molecule has 6 heteroatoms. The minimum atomic E-state index is 0.726. The lowest BCUT2D eigenvalue weighted by Gasteiger charge is -2.12. The van der Waals surface area contributed by atoms with E-state index >= 15 is 0 Å². The molecule has 1 heterocycles. The van der Waals surface area contributed by atoms with E-state index in [1.54, 1.807) is 20.4 Å². The highest BCUT2D eigenvalue weighted by molar-refractivity contribution is 5.79. The third kappa shape index (κ3) is 4.89. The standard InChI is InChI=1S/C16H23N5O/c1-17-16(18-9-4-12-22-2)19-13-14-5-7-15(8-6-14)21-11-3-10-20-21/h3,5-8,10-11H,4,9,12-13H2,1-2H3,(H2,17,18,19). The molecule has 2 aromatic rings. The number of aliphatic imine (C=N–C) groups is 1. The molecule has 1 aromatic carbocycles. The summed E-state index contributed by atoms with van der Waals surface area (Å²) in [6.45, 7) is 2.31. The fourth-order valence-electron chi connectivity index (χ4n) is 2.02. The lowest BCUT2D eigenvalue weighted by atomic mass is 10.2. The van der Waals surface area contributed by atoms with Gasteiger partial charge in [-0.05, 0) is 30.2 Å². The van der Waals surface area contributed by atoms with Gasteiger partial charge in [-0.15, -0.1) is 0 Å². The van der Waals surface area contributed by atoms with Crippen LogP contribution >= 0.6 is 0 Å². The normalized spacial score (nSPS) is 11.5. The summed E-state index contributed by atoms with van der Waals surface area (Å²) in [6.07, 6.45) is 4.66. The van der Waals surface area contributed by atoms with E-state index in [0.29, 0.717) is 0 Å². The number of rotatable bonds is 7. The van der Waals surface area contributed by atoms with Crippen LogP contribution in [0.3, 0.4) is 0 Å². The average molecular weight is 301 g/mol. The monoisotopic (exact) mass is 301 g/mol. The smallest absolute Gasteiger partial charge is 0.191 e. The first-order valence-corrected chi connectivity index (χ1v) is 7.36. The number of nitrogens with one attached hydrogen (secondary N) is 2. The van der Waals surface area contributed by atoms with E-state index in [1.165, 1.54) is 5.56 Å². The minimum Gasteiger partial charge on any atom is -0.385 e. The number of guanidine groups is 1. The van der Waals surface area contributed by atoms with Gasteiger partial charge >= 0.3 is 0 Å². The SMILES string of the molecule is CN=C(NCCCOC)NCc1ccc(-n2cccn2)cc1. The second kappa shape index (κ2) is 8.84. The van der Waals surface area contributed by atoms with Crippen molar-refractivity contribution in [2.75, 3.05) is 27.3 Å². The number of aromatic nitrogens is 2. The summed E-state index contributed by atoms with van der Waals surface area (Å²) in [5.41, 5.74) is 2.24. The van der Waals surface area contributed by atoms with Crippen molar-refractivity contribution in [2.45, 2.75) is 13.0 Å². The average Bonchev–Trinajstić information content (AvgIpc) is 3.09. The van der Waals surface area contributed by atoms with Crippen LogP contribution in [0.5, 0.6) is 0 Å². The lowest BCUT2D eigenvalue weighted by molar-refractivity contribution is 0.195. The maximum Gasteiger partial charge on any atom is 0.191 e. The van der Waals surface area contributed by atoms with Crippen molar-refractivity contribution >= 4 is 5.96 Å². The zero-order valence-corrected chi connectivity index (χ0v) is 13.1. The second-order valence-corrected chi connectivity index (χ2v) is 4.82. The first kappa shape index (κ1) is 16.0. The molecule has 22 heavy (non-hydrogen) atoms. The highest BCUT2D eigenvalue weighted by Gasteiger charge is 2.00. The summed E-state index contributed by atoms with van der Waals surface area (Å²) in [5, 5.41) is 10.8. The largest absolute Gasteiger partial charge is 0.385 e. The molecule has 2 rings (SSSR count). The summed E-state index contributed by atoms with van der Waals surface area (Å²) >= 11 is 0. The fourth-order valence-corrected chi connectivity index (χ4v) is 2.02. The second-order valence-electron chi connectivity index (χ2n) is 4.82. The van der Waals surface area contributed by atoms with Crippen molar-refractivity contribution in [1.82, 2.24) is 20.4 Å². The van der Waals surface area contributed by atoms with E-state index in [0.717, 1.165) is 37.8 Å². The van der Waals surface area contributed by atoms with Gasteiger partial charge in [-0.25, -0.2) is 4.68 Å². The molecular weight excluding hydrogens is 278 g/mol. The molecule has 6 nitrogen and oxygen atoms in total. The predicted octanol–water partition coefficient (Wildman–Crippen LogP) is 1.57. The summed E-state index contributed by atoms with van der Waals surface area (Å²) < 4.78 is 6.86. The van der Waals surface area contributed by atoms with Crippen molar-refractivity contribution in [3.05, 3.63) is 48.3 Å². The van der Waals surface area contributed by atoms with E-state index in [1.807, 2.05) is 16.9 Å². The van der Waals surface area contributed by atoms with Crippen molar-refractivity contribution < 1.29 is 4.74 Å². The molecule has 0 amide bonds. The Morgan fingerprint density at radius 1 is 1.27 bits per heavy atom. The van der Waals surface area contributed by atoms with Gasteiger partial charge in [0.05, 0.1) is 5.69 Å². The molecule has 0 saturated heterocycles. The molecule has 0 aliphatic rings. The number of hydrogen-bond acceptors (Lipinski definition) is 3. The molecule has 0 aliphatic carbocycles. The van der Waals surface area contributed by atoms with Gasteiger partial charge < -0.3 is 15.4 Å². The van der Waals surface area contributed by atoms with Gasteiger partial charge in [-0.1, -0.05) is 12.1 Å². The van der Waals surface area contributed by atoms with Crippen LogP contribution in [-0.4, -0.2) is 43.0 Å². The number of methoxy groups -OCH3 is 1. The molecule has 0 atom stereocenters. The molecule has 0 fully saturated rings. The summed E-state index contributed by atoms with van der Waals surface area (Å²) in [6, 6.07) is 10.2. The summed E-state index contributed by atoms with van der Waals surface area (Å²) in [5.74, 6) is 0.798. The van der Waals surface area contributed by atoms with Crippen molar-refractivity contribution in [1.29, 1.82) is 0 Å². The van der Waals surface area contributed by atoms with E-state index in [2.05, 4.69) is 45.0 Å². The predicted molar refractivity (Wildman–Crippen MR) is 88.3 cm³/mol. The van der Waals surface area contributed by atoms with Crippen LogP contribution in [0.2, 0.25) is 0 Å². The number of nitrogens with zero attached hydrogens (tertiary/aromatic N) is 3. The van der Waals surface area contributed by atoms with Gasteiger partial charge in [-0.2, -0.15) is 5.10 Å². The van der Waals surface area contributed by atoms with Crippen LogP contribution in [0.1, 0.15) is 12.0 Å². The van der Waals surface area contributed by atoms with Crippen LogP contribution in [-0.2, 0) is 11.3 Å². The zero-order chi connectivity index (χ0) is 15.6. The molecule has 2 N–H and O–H groups in total. The van der Waals surface area contributed by atoms with Crippen LogP contribution in [0.4, 0.5) is 0 Å². The topological polar surface area (TPSA) is 63.5 Å². The van der Waals surface area contributed by atoms with Gasteiger partial charge in [0, 0.05) is 46.2 Å². The Bertz CT molecular complexity index is 563. The number of benzene rings is 1. The molecule has 0 bridgehead atoms.